The normalized spacial score (nSPS) is 12.0. The lowest BCUT2D eigenvalue weighted by molar-refractivity contribution is -0.122. The molecular formula is C20H20ClN3O. The summed E-state index contributed by atoms with van der Waals surface area (Å²) in [7, 11) is 0. The summed E-state index contributed by atoms with van der Waals surface area (Å²) in [5, 5.41) is 8.10. The highest BCUT2D eigenvalue weighted by Crippen LogP contribution is 2.24. The molecule has 1 heterocycles. The molecule has 0 fully saturated rings. The molecule has 2 aromatic carbocycles. The Bertz CT molecular complexity index is 874. The highest BCUT2D eigenvalue weighted by atomic mass is 35.5. The Labute approximate surface area is 152 Å². The van der Waals surface area contributed by atoms with Crippen molar-refractivity contribution < 1.29 is 4.79 Å². The number of halogens is 1. The molecular weight excluding hydrogens is 334 g/mol. The smallest absolute Gasteiger partial charge is 0.242 e. The van der Waals surface area contributed by atoms with Gasteiger partial charge in [0.15, 0.2) is 0 Å². The highest BCUT2D eigenvalue weighted by Gasteiger charge is 2.18. The molecule has 0 saturated carbocycles. The van der Waals surface area contributed by atoms with E-state index < -0.39 is 0 Å². The van der Waals surface area contributed by atoms with Crippen LogP contribution in [0.15, 0.2) is 60.7 Å². The maximum atomic E-state index is 12.6. The molecule has 0 aliphatic rings. The summed E-state index contributed by atoms with van der Waals surface area (Å²) in [6.45, 7) is 4.04. The Hall–Kier alpha value is -2.59. The van der Waals surface area contributed by atoms with Gasteiger partial charge >= 0.3 is 0 Å². The number of aryl methyl sites for hydroxylation is 2. The van der Waals surface area contributed by atoms with Gasteiger partial charge in [0.05, 0.1) is 11.7 Å². The van der Waals surface area contributed by atoms with E-state index in [2.05, 4.69) is 10.4 Å². The van der Waals surface area contributed by atoms with Gasteiger partial charge in [0.1, 0.15) is 6.54 Å². The Balaban J connectivity index is 1.85. The monoisotopic (exact) mass is 353 g/mol. The third-order valence-corrected chi connectivity index (χ3v) is 4.25. The Morgan fingerprint density at radius 3 is 2.44 bits per heavy atom. The number of rotatable bonds is 5. The lowest BCUT2D eigenvalue weighted by Crippen LogP contribution is -2.32. The number of hydrogen-bond acceptors (Lipinski definition) is 2. The van der Waals surface area contributed by atoms with Crippen LogP contribution in [0.4, 0.5) is 0 Å². The second kappa shape index (κ2) is 7.53. The number of nitrogens with one attached hydrogen (secondary N) is 1. The van der Waals surface area contributed by atoms with E-state index in [-0.39, 0.29) is 18.5 Å². The minimum absolute atomic E-state index is 0.0972. The number of carbonyl (C=O) groups excluding carboxylic acids is 1. The summed E-state index contributed by atoms with van der Waals surface area (Å²) in [6, 6.07) is 19.1. The number of nitrogens with zero attached hydrogens (tertiary/aromatic N) is 2. The summed E-state index contributed by atoms with van der Waals surface area (Å²) in [6.07, 6.45) is 0. The standard InChI is InChI=1S/C20H20ClN3O/c1-14-11-15(2)24(23-14)13-19(25)22-20(16-7-4-3-5-8-16)17-9-6-10-18(21)12-17/h3-12,20H,13H2,1-2H3,(H,22,25)/t20-/m1/s1. The SMILES string of the molecule is Cc1cc(C)n(CC(=O)N[C@H](c2ccccc2)c2cccc(Cl)c2)n1. The van der Waals surface area contributed by atoms with Crippen molar-refractivity contribution in [3.63, 3.8) is 0 Å². The van der Waals surface area contributed by atoms with Crippen molar-refractivity contribution in [1.82, 2.24) is 15.1 Å². The van der Waals surface area contributed by atoms with Crippen molar-refractivity contribution in [2.24, 2.45) is 0 Å². The van der Waals surface area contributed by atoms with Crippen LogP contribution in [0.25, 0.3) is 0 Å². The fourth-order valence-electron chi connectivity index (χ4n) is 2.87. The molecule has 25 heavy (non-hydrogen) atoms. The summed E-state index contributed by atoms with van der Waals surface area (Å²) in [5.41, 5.74) is 3.82. The van der Waals surface area contributed by atoms with Crippen LogP contribution >= 0.6 is 11.6 Å². The van der Waals surface area contributed by atoms with Crippen molar-refractivity contribution in [3.8, 4) is 0 Å². The maximum absolute atomic E-state index is 12.6. The van der Waals surface area contributed by atoms with Crippen LogP contribution in [0, 0.1) is 13.8 Å². The molecule has 1 aromatic heterocycles. The Kier molecular flexibility index (Phi) is 5.19. The van der Waals surface area contributed by atoms with E-state index in [1.54, 1.807) is 4.68 Å². The van der Waals surface area contributed by atoms with Crippen molar-refractivity contribution in [1.29, 1.82) is 0 Å². The summed E-state index contributed by atoms with van der Waals surface area (Å²) < 4.78 is 1.71. The molecule has 4 nitrogen and oxygen atoms in total. The van der Waals surface area contributed by atoms with E-state index in [1.807, 2.05) is 74.5 Å². The van der Waals surface area contributed by atoms with Gasteiger partial charge in [-0.25, -0.2) is 0 Å². The first-order valence-corrected chi connectivity index (χ1v) is 8.51. The summed E-state index contributed by atoms with van der Waals surface area (Å²) >= 11 is 6.14. The zero-order chi connectivity index (χ0) is 17.8. The lowest BCUT2D eigenvalue weighted by atomic mass is 9.98. The van der Waals surface area contributed by atoms with Gasteiger partial charge in [0, 0.05) is 10.7 Å². The van der Waals surface area contributed by atoms with E-state index >= 15 is 0 Å². The minimum Gasteiger partial charge on any atom is -0.344 e. The van der Waals surface area contributed by atoms with Gasteiger partial charge in [0.2, 0.25) is 5.91 Å². The van der Waals surface area contributed by atoms with E-state index in [1.165, 1.54) is 0 Å². The largest absolute Gasteiger partial charge is 0.344 e. The molecule has 1 N–H and O–H groups in total. The van der Waals surface area contributed by atoms with Gasteiger partial charge in [-0.15, -0.1) is 0 Å². The lowest BCUT2D eigenvalue weighted by Gasteiger charge is -2.20. The molecule has 0 spiro atoms. The second-order valence-corrected chi connectivity index (χ2v) is 6.49. The summed E-state index contributed by atoms with van der Waals surface area (Å²) in [5.74, 6) is -0.0972. The molecule has 5 heteroatoms. The first-order chi connectivity index (χ1) is 12.0. The Morgan fingerprint density at radius 2 is 1.80 bits per heavy atom. The number of amides is 1. The van der Waals surface area contributed by atoms with Crippen LogP contribution in [-0.2, 0) is 11.3 Å². The van der Waals surface area contributed by atoms with Gasteiger partial charge in [-0.05, 0) is 43.2 Å². The van der Waals surface area contributed by atoms with Crippen LogP contribution in [-0.4, -0.2) is 15.7 Å². The third-order valence-electron chi connectivity index (χ3n) is 4.02. The predicted octanol–water partition coefficient (Wildman–Crippen LogP) is 4.06. The zero-order valence-corrected chi connectivity index (χ0v) is 15.0. The van der Waals surface area contributed by atoms with E-state index in [4.69, 9.17) is 11.6 Å². The molecule has 1 amide bonds. The van der Waals surface area contributed by atoms with E-state index in [0.29, 0.717) is 5.02 Å². The van der Waals surface area contributed by atoms with Crippen molar-refractivity contribution in [2.75, 3.05) is 0 Å². The van der Waals surface area contributed by atoms with E-state index in [9.17, 15) is 4.79 Å². The van der Waals surface area contributed by atoms with Crippen LogP contribution < -0.4 is 5.32 Å². The molecule has 0 aliphatic heterocycles. The van der Waals surface area contributed by atoms with Crippen LogP contribution in [0.1, 0.15) is 28.6 Å². The number of hydrogen-bond donors (Lipinski definition) is 1. The van der Waals surface area contributed by atoms with Gasteiger partial charge in [-0.2, -0.15) is 5.10 Å². The van der Waals surface area contributed by atoms with Crippen LogP contribution in [0.2, 0.25) is 5.02 Å². The first kappa shape index (κ1) is 17.2. The number of carbonyl (C=O) groups is 1. The fourth-order valence-corrected chi connectivity index (χ4v) is 3.07. The van der Waals surface area contributed by atoms with Crippen molar-refractivity contribution >= 4 is 17.5 Å². The molecule has 0 radical (unpaired) electrons. The topological polar surface area (TPSA) is 46.9 Å². The molecule has 1 atom stereocenters. The average molecular weight is 354 g/mol. The fraction of sp³-hybridized carbons (Fsp3) is 0.200. The minimum atomic E-state index is -0.260. The molecule has 3 rings (SSSR count). The third kappa shape index (κ3) is 4.28. The van der Waals surface area contributed by atoms with Crippen molar-refractivity contribution in [2.45, 2.75) is 26.4 Å². The van der Waals surface area contributed by atoms with Gasteiger partial charge < -0.3 is 5.32 Å². The highest BCUT2D eigenvalue weighted by molar-refractivity contribution is 6.30. The van der Waals surface area contributed by atoms with Crippen LogP contribution in [0.5, 0.6) is 0 Å². The number of aromatic nitrogens is 2. The first-order valence-electron chi connectivity index (χ1n) is 8.14. The van der Waals surface area contributed by atoms with Gasteiger partial charge in [-0.1, -0.05) is 54.1 Å². The average Bonchev–Trinajstić information content (AvgIpc) is 2.90. The zero-order valence-electron chi connectivity index (χ0n) is 14.2. The quantitative estimate of drug-likeness (QED) is 0.752. The molecule has 128 valence electrons. The maximum Gasteiger partial charge on any atom is 0.242 e. The summed E-state index contributed by atoms with van der Waals surface area (Å²) in [4.78, 5) is 12.6. The predicted molar refractivity (Wildman–Crippen MR) is 99.6 cm³/mol. The van der Waals surface area contributed by atoms with Gasteiger partial charge in [0.25, 0.3) is 0 Å². The second-order valence-electron chi connectivity index (χ2n) is 6.05. The van der Waals surface area contributed by atoms with E-state index in [0.717, 1.165) is 22.5 Å². The molecule has 0 aliphatic carbocycles. The molecule has 0 saturated heterocycles. The van der Waals surface area contributed by atoms with Gasteiger partial charge in [-0.3, -0.25) is 9.48 Å². The molecule has 0 bridgehead atoms. The Morgan fingerprint density at radius 1 is 1.08 bits per heavy atom. The molecule has 3 aromatic rings. The number of benzene rings is 2. The van der Waals surface area contributed by atoms with Crippen molar-refractivity contribution in [3.05, 3.63) is 88.2 Å². The van der Waals surface area contributed by atoms with Crippen LogP contribution in [0.3, 0.4) is 0 Å². The molecule has 0 unspecified atom stereocenters.